The Morgan fingerprint density at radius 1 is 1.00 bits per heavy atom. The van der Waals surface area contributed by atoms with Gasteiger partial charge in [-0.3, -0.25) is 4.79 Å². The van der Waals surface area contributed by atoms with Crippen LogP contribution in [-0.2, 0) is 14.3 Å². The first-order valence-electron chi connectivity index (χ1n) is 8.03. The molecule has 0 rings (SSSR count). The molecule has 5 heteroatoms. The van der Waals surface area contributed by atoms with Gasteiger partial charge in [0.05, 0.1) is 0 Å². The van der Waals surface area contributed by atoms with Gasteiger partial charge in [-0.2, -0.15) is 0 Å². The minimum Gasteiger partial charge on any atom is -1.00 e. The molecule has 0 saturated carbocycles. The number of unbranched alkanes of at least 4 members (excludes halogenated alkanes) is 8. The number of hydrogen-bond donors (Lipinski definition) is 1. The van der Waals surface area contributed by atoms with Crippen LogP contribution in [0.5, 0.6) is 0 Å². The summed E-state index contributed by atoms with van der Waals surface area (Å²) >= 11 is 0. The first-order valence-corrected chi connectivity index (χ1v) is 8.03. The van der Waals surface area contributed by atoms with Crippen molar-refractivity contribution in [2.45, 2.75) is 84.1 Å². The average molecular weight is 326 g/mol. The summed E-state index contributed by atoms with van der Waals surface area (Å²) in [7, 11) is 1.66. The maximum atomic E-state index is 11.4. The van der Waals surface area contributed by atoms with Gasteiger partial charge in [-0.25, -0.2) is 4.79 Å². The van der Waals surface area contributed by atoms with E-state index in [1.807, 2.05) is 0 Å². The van der Waals surface area contributed by atoms with Gasteiger partial charge in [0.15, 0.2) is 0 Å². The van der Waals surface area contributed by atoms with E-state index in [1.54, 1.807) is 14.0 Å². The molecule has 0 aliphatic carbocycles. The predicted octanol–water partition coefficient (Wildman–Crippen LogP) is 0.702. The summed E-state index contributed by atoms with van der Waals surface area (Å²) in [6, 6.07) is -0.429. The Morgan fingerprint density at radius 2 is 1.48 bits per heavy atom. The normalized spacial score (nSPS) is 11.6. The van der Waals surface area contributed by atoms with E-state index in [2.05, 4.69) is 12.2 Å². The summed E-state index contributed by atoms with van der Waals surface area (Å²) in [5.74, 6) is -0.895. The third-order valence-corrected chi connectivity index (χ3v) is 3.49. The van der Waals surface area contributed by atoms with E-state index in [1.165, 1.54) is 44.9 Å². The van der Waals surface area contributed by atoms with Crippen molar-refractivity contribution in [3.8, 4) is 0 Å². The second-order valence-electron chi connectivity index (χ2n) is 5.38. The summed E-state index contributed by atoms with van der Waals surface area (Å²) in [6.07, 6.45) is 11.2. The summed E-state index contributed by atoms with van der Waals surface area (Å²) < 4.78 is 4.73. The Labute approximate surface area is 174 Å². The van der Waals surface area contributed by atoms with Crippen molar-refractivity contribution in [1.29, 1.82) is 0 Å². The van der Waals surface area contributed by atoms with Crippen LogP contribution >= 0.6 is 0 Å². The van der Waals surface area contributed by atoms with Crippen molar-refractivity contribution in [1.82, 2.24) is 5.32 Å². The minimum atomic E-state index is -0.492. The molecule has 0 aliphatic rings. The van der Waals surface area contributed by atoms with Crippen molar-refractivity contribution >= 4 is 11.9 Å². The molecule has 1 unspecified atom stereocenters. The Hall–Kier alpha value is 0.736. The Balaban J connectivity index is -0.00000180. The number of likely N-dealkylation sites (N-methyl/N-ethyl adjacent to an activating group) is 1. The van der Waals surface area contributed by atoms with Gasteiger partial charge in [-0.1, -0.05) is 58.3 Å². The van der Waals surface area contributed by atoms with E-state index in [-0.39, 0.29) is 52.8 Å². The standard InChI is InChI=1S/C16H31NO3.K.H/c1-4-5-6-7-8-9-10-11-12-13-15(18)20-16(19)14(2)17-3;;/h14,17H,4-13H2,1-3H3;;/q;+1;-1. The molecule has 1 atom stereocenters. The fourth-order valence-corrected chi connectivity index (χ4v) is 1.95. The first-order chi connectivity index (χ1) is 9.61. The van der Waals surface area contributed by atoms with E-state index < -0.39 is 18.0 Å². The van der Waals surface area contributed by atoms with E-state index in [0.717, 1.165) is 12.8 Å². The largest absolute Gasteiger partial charge is 1.00 e. The third-order valence-electron chi connectivity index (χ3n) is 3.49. The second kappa shape index (κ2) is 17.1. The van der Waals surface area contributed by atoms with Crippen LogP contribution in [0.1, 0.15) is 79.5 Å². The molecule has 120 valence electrons. The number of carbonyl (C=O) groups excluding carboxylic acids is 2. The molecular formula is C16H32KNO3. The monoisotopic (exact) mass is 325 g/mol. The SMILES string of the molecule is CCCCCCCCCCCC(=O)OC(=O)C(C)NC.[H-].[K+]. The van der Waals surface area contributed by atoms with Crippen molar-refractivity contribution in [3.05, 3.63) is 0 Å². The number of ether oxygens (including phenoxy) is 1. The molecule has 0 radical (unpaired) electrons. The zero-order valence-electron chi connectivity index (χ0n) is 15.4. The van der Waals surface area contributed by atoms with Gasteiger partial charge in [-0.05, 0) is 20.4 Å². The van der Waals surface area contributed by atoms with Crippen molar-refractivity contribution in [2.75, 3.05) is 7.05 Å². The van der Waals surface area contributed by atoms with Crippen molar-refractivity contribution < 1.29 is 67.1 Å². The summed E-state index contributed by atoms with van der Waals surface area (Å²) in [4.78, 5) is 22.7. The predicted molar refractivity (Wildman–Crippen MR) is 82.6 cm³/mol. The van der Waals surface area contributed by atoms with Gasteiger partial charge in [0.2, 0.25) is 0 Å². The van der Waals surface area contributed by atoms with Crippen molar-refractivity contribution in [3.63, 3.8) is 0 Å². The van der Waals surface area contributed by atoms with Crippen LogP contribution in [0.3, 0.4) is 0 Å². The van der Waals surface area contributed by atoms with Crippen LogP contribution < -0.4 is 56.7 Å². The number of esters is 2. The second-order valence-corrected chi connectivity index (χ2v) is 5.38. The van der Waals surface area contributed by atoms with Gasteiger partial charge in [0.25, 0.3) is 0 Å². The number of carbonyl (C=O) groups is 2. The van der Waals surface area contributed by atoms with Gasteiger partial charge >= 0.3 is 63.3 Å². The molecule has 21 heavy (non-hydrogen) atoms. The third kappa shape index (κ3) is 15.4. The topological polar surface area (TPSA) is 55.4 Å². The van der Waals surface area contributed by atoms with Crippen LogP contribution in [0.2, 0.25) is 0 Å². The molecule has 4 nitrogen and oxygen atoms in total. The van der Waals surface area contributed by atoms with Crippen LogP contribution in [0.15, 0.2) is 0 Å². The molecule has 0 aromatic heterocycles. The molecule has 1 N–H and O–H groups in total. The molecule has 0 saturated heterocycles. The van der Waals surface area contributed by atoms with Gasteiger partial charge in [0.1, 0.15) is 6.04 Å². The molecule has 0 aromatic carbocycles. The van der Waals surface area contributed by atoms with Crippen LogP contribution in [0, 0.1) is 0 Å². The quantitative estimate of drug-likeness (QED) is 0.248. The number of hydrogen-bond acceptors (Lipinski definition) is 4. The summed E-state index contributed by atoms with van der Waals surface area (Å²) in [5.41, 5.74) is 0. The molecule has 0 fully saturated rings. The Kier molecular flexibility index (Phi) is 19.5. The smallest absolute Gasteiger partial charge is 1.00 e. The van der Waals surface area contributed by atoms with E-state index in [0.29, 0.717) is 6.42 Å². The molecular weight excluding hydrogens is 293 g/mol. The maximum absolute atomic E-state index is 11.4. The van der Waals surface area contributed by atoms with Crippen LogP contribution in [0.25, 0.3) is 0 Å². The first kappa shape index (κ1) is 24.0. The fourth-order valence-electron chi connectivity index (χ4n) is 1.95. The number of rotatable bonds is 12. The zero-order chi connectivity index (χ0) is 15.2. The Bertz CT molecular complexity index is 278. The minimum absolute atomic E-state index is 0. The molecule has 0 spiro atoms. The van der Waals surface area contributed by atoms with Crippen LogP contribution in [0.4, 0.5) is 0 Å². The molecule has 0 bridgehead atoms. The average Bonchev–Trinajstić information content (AvgIpc) is 2.44. The fraction of sp³-hybridized carbons (Fsp3) is 0.875. The van der Waals surface area contributed by atoms with E-state index in [9.17, 15) is 9.59 Å². The maximum Gasteiger partial charge on any atom is 1.00 e. The van der Waals surface area contributed by atoms with E-state index in [4.69, 9.17) is 4.74 Å². The Morgan fingerprint density at radius 3 is 1.95 bits per heavy atom. The summed E-state index contributed by atoms with van der Waals surface area (Å²) in [6.45, 7) is 3.90. The molecule has 0 aliphatic heterocycles. The molecule has 0 amide bonds. The van der Waals surface area contributed by atoms with Gasteiger partial charge in [0, 0.05) is 6.42 Å². The van der Waals surface area contributed by atoms with E-state index >= 15 is 0 Å². The number of nitrogens with one attached hydrogen (secondary N) is 1. The van der Waals surface area contributed by atoms with Crippen molar-refractivity contribution in [2.24, 2.45) is 0 Å². The molecule has 0 aromatic rings. The zero-order valence-corrected chi connectivity index (χ0v) is 17.5. The van der Waals surface area contributed by atoms with Crippen LogP contribution in [-0.4, -0.2) is 25.0 Å². The summed E-state index contributed by atoms with van der Waals surface area (Å²) in [5, 5.41) is 2.75. The van der Waals surface area contributed by atoms with Gasteiger partial charge in [-0.15, -0.1) is 0 Å². The van der Waals surface area contributed by atoms with Gasteiger partial charge < -0.3 is 11.5 Å². The molecule has 0 heterocycles.